The number of methoxy groups -OCH3 is 1. The summed E-state index contributed by atoms with van der Waals surface area (Å²) in [6, 6.07) is 6.24. The molecule has 0 bridgehead atoms. The van der Waals surface area contributed by atoms with E-state index in [2.05, 4.69) is 4.72 Å². The summed E-state index contributed by atoms with van der Waals surface area (Å²) in [5.41, 5.74) is 0. The number of ether oxygens (including phenoxy) is 2. The van der Waals surface area contributed by atoms with Crippen LogP contribution >= 0.6 is 0 Å². The smallest absolute Gasteiger partial charge is 0.240 e. The van der Waals surface area contributed by atoms with E-state index in [9.17, 15) is 8.42 Å². The van der Waals surface area contributed by atoms with E-state index in [1.54, 1.807) is 12.1 Å². The maximum absolute atomic E-state index is 11.8. The lowest BCUT2D eigenvalue weighted by Crippen LogP contribution is -2.27. The van der Waals surface area contributed by atoms with Gasteiger partial charge in [-0.1, -0.05) is 0 Å². The Balaban J connectivity index is 2.07. The average molecular weight is 243 g/mol. The molecular weight excluding hydrogens is 230 g/mol. The molecule has 0 unspecified atom stereocenters. The summed E-state index contributed by atoms with van der Waals surface area (Å²) in [6.07, 6.45) is 0.0352. The lowest BCUT2D eigenvalue weighted by atomic mass is 10.3. The summed E-state index contributed by atoms with van der Waals surface area (Å²) < 4.78 is 35.9. The molecule has 1 aliphatic heterocycles. The number of benzene rings is 1. The van der Waals surface area contributed by atoms with Gasteiger partial charge >= 0.3 is 0 Å². The van der Waals surface area contributed by atoms with Crippen molar-refractivity contribution in [1.29, 1.82) is 0 Å². The predicted molar refractivity (Wildman–Crippen MR) is 57.9 cm³/mol. The highest BCUT2D eigenvalue weighted by molar-refractivity contribution is 7.89. The molecule has 88 valence electrons. The molecule has 16 heavy (non-hydrogen) atoms. The Bertz CT molecular complexity index is 450. The second-order valence-corrected chi connectivity index (χ2v) is 5.25. The van der Waals surface area contributed by atoms with Gasteiger partial charge in [0.25, 0.3) is 0 Å². The largest absolute Gasteiger partial charge is 0.497 e. The summed E-state index contributed by atoms with van der Waals surface area (Å²) in [7, 11) is -1.89. The SMILES string of the molecule is COc1ccc(S(=O)(=O)NC[C@@H]2CO2)cc1. The Morgan fingerprint density at radius 3 is 2.56 bits per heavy atom. The highest BCUT2D eigenvalue weighted by Crippen LogP contribution is 2.16. The Morgan fingerprint density at radius 1 is 1.44 bits per heavy atom. The molecule has 1 heterocycles. The molecule has 1 atom stereocenters. The van der Waals surface area contributed by atoms with Gasteiger partial charge in [0, 0.05) is 6.54 Å². The lowest BCUT2D eigenvalue weighted by molar-refractivity contribution is 0.406. The maximum Gasteiger partial charge on any atom is 0.240 e. The molecule has 5 nitrogen and oxygen atoms in total. The zero-order valence-corrected chi connectivity index (χ0v) is 9.66. The zero-order chi connectivity index (χ0) is 11.6. The topological polar surface area (TPSA) is 67.9 Å². The van der Waals surface area contributed by atoms with Gasteiger partial charge in [-0.2, -0.15) is 0 Å². The van der Waals surface area contributed by atoms with Gasteiger partial charge in [-0.15, -0.1) is 0 Å². The van der Waals surface area contributed by atoms with Crippen LogP contribution in [-0.4, -0.2) is 34.8 Å². The molecule has 1 aromatic rings. The Kier molecular flexibility index (Phi) is 3.13. The Morgan fingerprint density at radius 2 is 2.06 bits per heavy atom. The molecule has 1 fully saturated rings. The average Bonchev–Trinajstić information content (AvgIpc) is 3.10. The van der Waals surface area contributed by atoms with Crippen molar-refractivity contribution < 1.29 is 17.9 Å². The Labute approximate surface area is 94.4 Å². The molecule has 1 saturated heterocycles. The molecule has 1 N–H and O–H groups in total. The molecule has 1 aromatic carbocycles. The first-order valence-electron chi connectivity index (χ1n) is 4.87. The van der Waals surface area contributed by atoms with Crippen LogP contribution in [0.3, 0.4) is 0 Å². The van der Waals surface area contributed by atoms with Gasteiger partial charge in [0.05, 0.1) is 24.7 Å². The number of sulfonamides is 1. The number of rotatable bonds is 5. The molecule has 1 aliphatic rings. The minimum atomic E-state index is -3.43. The van der Waals surface area contributed by atoms with Crippen LogP contribution in [0.1, 0.15) is 0 Å². The van der Waals surface area contributed by atoms with E-state index in [0.717, 1.165) is 0 Å². The fourth-order valence-corrected chi connectivity index (χ4v) is 2.29. The van der Waals surface area contributed by atoms with Crippen LogP contribution < -0.4 is 9.46 Å². The van der Waals surface area contributed by atoms with Crippen LogP contribution in [0.25, 0.3) is 0 Å². The first-order valence-corrected chi connectivity index (χ1v) is 6.35. The van der Waals surface area contributed by atoms with Crippen molar-refractivity contribution in [2.75, 3.05) is 20.3 Å². The fourth-order valence-electron chi connectivity index (χ4n) is 1.23. The third kappa shape index (κ3) is 2.72. The summed E-state index contributed by atoms with van der Waals surface area (Å²) in [5.74, 6) is 0.629. The first kappa shape index (κ1) is 11.4. The second-order valence-electron chi connectivity index (χ2n) is 3.48. The minimum Gasteiger partial charge on any atom is -0.497 e. The molecule has 0 amide bonds. The molecule has 2 rings (SSSR count). The van der Waals surface area contributed by atoms with E-state index in [-0.39, 0.29) is 11.0 Å². The van der Waals surface area contributed by atoms with Crippen LogP contribution in [-0.2, 0) is 14.8 Å². The normalized spacial score (nSPS) is 19.4. The molecule has 6 heteroatoms. The van der Waals surface area contributed by atoms with Crippen molar-refractivity contribution >= 4 is 10.0 Å². The third-order valence-corrected chi connectivity index (χ3v) is 3.71. The van der Waals surface area contributed by atoms with Gasteiger partial charge in [-0.05, 0) is 24.3 Å². The van der Waals surface area contributed by atoms with Crippen LogP contribution in [0.5, 0.6) is 5.75 Å². The molecule has 0 spiro atoms. The summed E-state index contributed by atoms with van der Waals surface area (Å²) >= 11 is 0. The molecule has 0 aromatic heterocycles. The highest BCUT2D eigenvalue weighted by Gasteiger charge is 2.25. The van der Waals surface area contributed by atoms with E-state index in [1.165, 1.54) is 19.2 Å². The van der Waals surface area contributed by atoms with Gasteiger partial charge in [-0.3, -0.25) is 0 Å². The van der Waals surface area contributed by atoms with Gasteiger partial charge in [0.2, 0.25) is 10.0 Å². The van der Waals surface area contributed by atoms with E-state index in [4.69, 9.17) is 9.47 Å². The van der Waals surface area contributed by atoms with E-state index in [0.29, 0.717) is 18.9 Å². The summed E-state index contributed by atoms with van der Waals surface area (Å²) in [4.78, 5) is 0.231. The fraction of sp³-hybridized carbons (Fsp3) is 0.400. The van der Waals surface area contributed by atoms with Gasteiger partial charge in [0.1, 0.15) is 5.75 Å². The van der Waals surface area contributed by atoms with Crippen LogP contribution in [0.4, 0.5) is 0 Å². The first-order chi connectivity index (χ1) is 7.62. The highest BCUT2D eigenvalue weighted by atomic mass is 32.2. The summed E-state index contributed by atoms with van der Waals surface area (Å²) in [6.45, 7) is 0.958. The van der Waals surface area contributed by atoms with Gasteiger partial charge < -0.3 is 9.47 Å². The Hall–Kier alpha value is -1.11. The van der Waals surface area contributed by atoms with Crippen molar-refractivity contribution in [3.63, 3.8) is 0 Å². The van der Waals surface area contributed by atoms with Crippen LogP contribution in [0.15, 0.2) is 29.2 Å². The number of hydrogen-bond acceptors (Lipinski definition) is 4. The molecular formula is C10H13NO4S. The lowest BCUT2D eigenvalue weighted by Gasteiger charge is -2.06. The van der Waals surface area contributed by atoms with Crippen LogP contribution in [0, 0.1) is 0 Å². The summed E-state index contributed by atoms with van der Waals surface area (Å²) in [5, 5.41) is 0. The predicted octanol–water partition coefficient (Wildman–Crippen LogP) is 0.372. The van der Waals surface area contributed by atoms with Crippen LogP contribution in [0.2, 0.25) is 0 Å². The molecule has 0 radical (unpaired) electrons. The minimum absolute atomic E-state index is 0.0352. The molecule has 0 aliphatic carbocycles. The maximum atomic E-state index is 11.8. The van der Waals surface area contributed by atoms with Gasteiger partial charge in [0.15, 0.2) is 0 Å². The standard InChI is InChI=1S/C10H13NO4S/c1-14-8-2-4-10(5-3-8)16(12,13)11-6-9-7-15-9/h2-5,9,11H,6-7H2,1H3/t9-/m1/s1. The monoisotopic (exact) mass is 243 g/mol. The van der Waals surface area contributed by atoms with Crippen molar-refractivity contribution in [2.24, 2.45) is 0 Å². The second kappa shape index (κ2) is 4.40. The molecule has 0 saturated carbocycles. The van der Waals surface area contributed by atoms with Crippen molar-refractivity contribution in [1.82, 2.24) is 4.72 Å². The number of nitrogens with one attached hydrogen (secondary N) is 1. The van der Waals surface area contributed by atoms with E-state index < -0.39 is 10.0 Å². The van der Waals surface area contributed by atoms with Crippen molar-refractivity contribution in [2.45, 2.75) is 11.0 Å². The van der Waals surface area contributed by atoms with Crippen molar-refractivity contribution in [3.05, 3.63) is 24.3 Å². The zero-order valence-electron chi connectivity index (χ0n) is 8.84. The van der Waals surface area contributed by atoms with E-state index in [1.807, 2.05) is 0 Å². The number of hydrogen-bond donors (Lipinski definition) is 1. The number of epoxide rings is 1. The van der Waals surface area contributed by atoms with Gasteiger partial charge in [-0.25, -0.2) is 13.1 Å². The quantitative estimate of drug-likeness (QED) is 0.759. The van der Waals surface area contributed by atoms with E-state index >= 15 is 0 Å². The third-order valence-electron chi connectivity index (χ3n) is 2.27. The van der Waals surface area contributed by atoms with Crippen molar-refractivity contribution in [3.8, 4) is 5.75 Å².